The van der Waals surface area contributed by atoms with Gasteiger partial charge in [-0.05, 0) is 97.2 Å². The minimum Gasteiger partial charge on any atom is -0.492 e. The number of rotatable bonds is 13. The van der Waals surface area contributed by atoms with Crippen LogP contribution in [0.25, 0.3) is 22.3 Å². The number of hydrogen-bond acceptors (Lipinski definition) is 9. The lowest BCUT2D eigenvalue weighted by Crippen LogP contribution is -2.44. The molecule has 0 bridgehead atoms. The first-order chi connectivity index (χ1) is 28.1. The molecule has 58 heavy (non-hydrogen) atoms. The summed E-state index contributed by atoms with van der Waals surface area (Å²) < 4.78 is 24.5. The van der Waals surface area contributed by atoms with Crippen LogP contribution in [-0.4, -0.2) is 52.0 Å². The van der Waals surface area contributed by atoms with E-state index in [4.69, 9.17) is 24.7 Å². The summed E-state index contributed by atoms with van der Waals surface area (Å²) in [5, 5.41) is 0. The number of amides is 2. The summed E-state index contributed by atoms with van der Waals surface area (Å²) in [6.45, 7) is 13.5. The van der Waals surface area contributed by atoms with Crippen LogP contribution in [0.1, 0.15) is 111 Å². The Morgan fingerprint density at radius 2 is 1.12 bits per heavy atom. The van der Waals surface area contributed by atoms with Gasteiger partial charge in [-0.2, -0.15) is 0 Å². The van der Waals surface area contributed by atoms with Crippen molar-refractivity contribution in [1.82, 2.24) is 14.9 Å². The van der Waals surface area contributed by atoms with Gasteiger partial charge < -0.3 is 24.7 Å². The molecule has 0 aliphatic carbocycles. The topological polar surface area (TPSA) is 126 Å². The number of benzene rings is 3. The van der Waals surface area contributed by atoms with Crippen LogP contribution in [0.4, 0.5) is 0 Å². The predicted octanol–water partition coefficient (Wildman–Crippen LogP) is 10.0. The number of carbonyl (C=O) groups is 2. The molecule has 5 heterocycles. The van der Waals surface area contributed by atoms with Crippen LogP contribution in [0, 0.1) is 11.8 Å². The summed E-state index contributed by atoms with van der Waals surface area (Å²) >= 11 is 0. The summed E-state index contributed by atoms with van der Waals surface area (Å²) in [7, 11) is 0. The number of imide groups is 1. The first-order valence-electron chi connectivity index (χ1n) is 20.5. The van der Waals surface area contributed by atoms with Crippen LogP contribution < -0.4 is 24.7 Å². The third-order valence-corrected chi connectivity index (χ3v) is 10.8. The van der Waals surface area contributed by atoms with E-state index >= 15 is 0 Å². The van der Waals surface area contributed by atoms with Crippen LogP contribution in [0.5, 0.6) is 23.0 Å². The van der Waals surface area contributed by atoms with E-state index in [2.05, 4.69) is 63.6 Å². The molecule has 0 saturated heterocycles. The third kappa shape index (κ3) is 8.57. The fraction of sp³-hybridized carbons (Fsp3) is 0.375. The van der Waals surface area contributed by atoms with Crippen LogP contribution in [-0.2, 0) is 0 Å². The Balaban J connectivity index is 0.000000188. The average molecular weight is 783 g/mol. The Kier molecular flexibility index (Phi) is 12.4. The molecule has 4 atom stereocenters. The molecule has 302 valence electrons. The van der Waals surface area contributed by atoms with Gasteiger partial charge in [-0.15, -0.1) is 0 Å². The zero-order valence-corrected chi connectivity index (χ0v) is 34.3. The zero-order valence-electron chi connectivity index (χ0n) is 34.3. The molecule has 10 nitrogen and oxygen atoms in total. The highest BCUT2D eigenvalue weighted by Gasteiger charge is 2.40. The monoisotopic (exact) mass is 782 g/mol. The molecular weight excluding hydrogens is 729 g/mol. The Labute approximate surface area is 341 Å². The van der Waals surface area contributed by atoms with Gasteiger partial charge in [-0.25, -0.2) is 0 Å². The maximum atomic E-state index is 13.0. The van der Waals surface area contributed by atoms with Crippen molar-refractivity contribution >= 4 is 11.8 Å². The zero-order chi connectivity index (χ0) is 40.9. The lowest BCUT2D eigenvalue weighted by Gasteiger charge is -2.29. The standard InChI is InChI=1S/C28H28N2O4.C20H26N2O2/c1-4-25-24-15-29-12-11-20(24)21-10-9-19(14-26(21)34-25)33-16-18(13-17(2)3)30-27(31)22-7-5-6-8-23(22)28(30)32;1-4-19-18-11-22-8-7-16(18)17-6-5-15(10-20(17)24-19)23-12-14(21)9-13(2)3/h5-12,14-15,17-18,25H,4,13,16H2,1-3H3;5-8,10-11,13-14,19H,4,9,12,21H2,1-3H3/t18-,25?;14-,19?/m00/s1. The second-order valence-electron chi connectivity index (χ2n) is 16.1. The lowest BCUT2D eigenvalue weighted by molar-refractivity contribution is 0.0506. The highest BCUT2D eigenvalue weighted by molar-refractivity contribution is 6.21. The van der Waals surface area contributed by atoms with Crippen molar-refractivity contribution in [2.24, 2.45) is 17.6 Å². The second kappa shape index (κ2) is 17.8. The molecule has 0 fully saturated rings. The first-order valence-corrected chi connectivity index (χ1v) is 20.5. The Morgan fingerprint density at radius 3 is 1.59 bits per heavy atom. The number of ether oxygens (including phenoxy) is 4. The quantitative estimate of drug-likeness (QED) is 0.116. The maximum Gasteiger partial charge on any atom is 0.261 e. The van der Waals surface area contributed by atoms with Crippen molar-refractivity contribution in [3.8, 4) is 45.3 Å². The van der Waals surface area contributed by atoms with E-state index in [0.29, 0.717) is 41.7 Å². The van der Waals surface area contributed by atoms with E-state index in [-0.39, 0.29) is 42.7 Å². The molecule has 2 aromatic heterocycles. The molecule has 2 N–H and O–H groups in total. The van der Waals surface area contributed by atoms with Gasteiger partial charge in [-0.1, -0.05) is 53.7 Å². The van der Waals surface area contributed by atoms with Gasteiger partial charge in [0.15, 0.2) is 0 Å². The molecule has 5 aromatic rings. The number of fused-ring (bicyclic) bond motifs is 7. The number of hydrogen-bond donors (Lipinski definition) is 1. The molecular formula is C48H54N4O6. The van der Waals surface area contributed by atoms with Crippen LogP contribution >= 0.6 is 0 Å². The predicted molar refractivity (Wildman–Crippen MR) is 225 cm³/mol. The minimum atomic E-state index is -0.362. The van der Waals surface area contributed by atoms with E-state index in [1.165, 1.54) is 10.5 Å². The molecule has 3 aliphatic rings. The first kappa shape index (κ1) is 40.5. The Morgan fingerprint density at radius 1 is 0.638 bits per heavy atom. The SMILES string of the molecule is CCC1Oc2cc(OC[C@@H](N)CC(C)C)ccc2-c2ccncc21.CCC1Oc2cc(OC[C@H](CC(C)C)N3C(=O)c4ccccc4C3=O)ccc2-c2ccncc21. The number of nitrogens with zero attached hydrogens (tertiary/aromatic N) is 3. The van der Waals surface area contributed by atoms with E-state index in [0.717, 1.165) is 64.3 Å². The van der Waals surface area contributed by atoms with Crippen molar-refractivity contribution in [1.29, 1.82) is 0 Å². The maximum absolute atomic E-state index is 13.0. The van der Waals surface area contributed by atoms with Gasteiger partial charge in [-0.3, -0.25) is 24.5 Å². The summed E-state index contributed by atoms with van der Waals surface area (Å²) in [5.41, 5.74) is 13.7. The number of nitrogens with two attached hydrogens (primary N) is 1. The van der Waals surface area contributed by atoms with Gasteiger partial charge >= 0.3 is 0 Å². The average Bonchev–Trinajstić information content (AvgIpc) is 3.48. The molecule has 3 aromatic carbocycles. The summed E-state index contributed by atoms with van der Waals surface area (Å²) in [6.07, 6.45) is 10.7. The highest BCUT2D eigenvalue weighted by atomic mass is 16.5. The summed E-state index contributed by atoms with van der Waals surface area (Å²) in [6, 6.07) is 22.6. The number of aromatic nitrogens is 2. The van der Waals surface area contributed by atoms with E-state index in [9.17, 15) is 9.59 Å². The van der Waals surface area contributed by atoms with Gasteiger partial charge in [0.1, 0.15) is 48.4 Å². The van der Waals surface area contributed by atoms with E-state index in [1.54, 1.807) is 30.5 Å². The molecule has 8 rings (SSSR count). The fourth-order valence-electron chi connectivity index (χ4n) is 8.08. The molecule has 3 aliphatic heterocycles. The molecule has 10 heteroatoms. The molecule has 0 spiro atoms. The van der Waals surface area contributed by atoms with Crippen LogP contribution in [0.2, 0.25) is 0 Å². The van der Waals surface area contributed by atoms with E-state index < -0.39 is 0 Å². The molecule has 2 unspecified atom stereocenters. The number of pyridine rings is 2. The smallest absolute Gasteiger partial charge is 0.261 e. The number of carbonyl (C=O) groups excluding carboxylic acids is 2. The molecule has 0 saturated carbocycles. The largest absolute Gasteiger partial charge is 0.492 e. The van der Waals surface area contributed by atoms with Gasteiger partial charge in [0.05, 0.1) is 17.2 Å². The second-order valence-corrected chi connectivity index (χ2v) is 16.1. The van der Waals surface area contributed by atoms with Crippen molar-refractivity contribution in [2.75, 3.05) is 13.2 Å². The Bertz CT molecular complexity index is 2220. The lowest BCUT2D eigenvalue weighted by atomic mass is 9.93. The normalized spacial score (nSPS) is 17.1. The minimum absolute atomic E-state index is 0.0413. The van der Waals surface area contributed by atoms with Gasteiger partial charge in [0.25, 0.3) is 11.8 Å². The van der Waals surface area contributed by atoms with Crippen LogP contribution in [0.15, 0.2) is 97.6 Å². The highest BCUT2D eigenvalue weighted by Crippen LogP contribution is 2.46. The van der Waals surface area contributed by atoms with Crippen molar-refractivity contribution in [3.63, 3.8) is 0 Å². The summed E-state index contributed by atoms with van der Waals surface area (Å²) in [5.74, 6) is 3.46. The Hall–Kier alpha value is -5.74. The molecule has 0 radical (unpaired) electrons. The van der Waals surface area contributed by atoms with Crippen molar-refractivity contribution < 1.29 is 28.5 Å². The molecule has 2 amide bonds. The fourth-order valence-corrected chi connectivity index (χ4v) is 8.08. The van der Waals surface area contributed by atoms with E-state index in [1.807, 2.05) is 55.0 Å². The van der Waals surface area contributed by atoms with Crippen molar-refractivity contribution in [3.05, 3.63) is 120 Å². The van der Waals surface area contributed by atoms with Crippen LogP contribution in [0.3, 0.4) is 0 Å². The van der Waals surface area contributed by atoms with Gasteiger partial charge in [0.2, 0.25) is 0 Å². The third-order valence-electron chi connectivity index (χ3n) is 10.8. The van der Waals surface area contributed by atoms with Crippen molar-refractivity contribution in [2.45, 2.75) is 91.5 Å². The van der Waals surface area contributed by atoms with Gasteiger partial charge in [0, 0.05) is 65.2 Å². The summed E-state index contributed by atoms with van der Waals surface area (Å²) in [4.78, 5) is 36.0.